The van der Waals surface area contributed by atoms with E-state index in [0.717, 1.165) is 0 Å². The second-order valence-corrected chi connectivity index (χ2v) is 5.90. The topological polar surface area (TPSA) is 99.9 Å². The molecule has 0 unspecified atom stereocenters. The van der Waals surface area contributed by atoms with Crippen LogP contribution in [-0.4, -0.2) is 25.1 Å². The smallest absolute Gasteiger partial charge is 0.269 e. The van der Waals surface area contributed by atoms with Gasteiger partial charge in [-0.1, -0.05) is 0 Å². The van der Waals surface area contributed by atoms with E-state index in [-0.39, 0.29) is 11.6 Å². The highest BCUT2D eigenvalue weighted by Crippen LogP contribution is 2.30. The van der Waals surface area contributed by atoms with Crippen LogP contribution in [0.5, 0.6) is 23.0 Å². The molecule has 3 aromatic carbocycles. The summed E-state index contributed by atoms with van der Waals surface area (Å²) in [6.45, 7) is 0. The molecule has 3 aromatic rings. The fourth-order valence-electron chi connectivity index (χ4n) is 2.54. The van der Waals surface area contributed by atoms with Crippen molar-refractivity contribution in [3.63, 3.8) is 0 Å². The molecular weight excluding hydrogens is 376 g/mol. The normalized spacial score (nSPS) is 10.1. The van der Waals surface area contributed by atoms with E-state index >= 15 is 0 Å². The van der Waals surface area contributed by atoms with Gasteiger partial charge in [-0.2, -0.15) is 0 Å². The van der Waals surface area contributed by atoms with E-state index in [1.165, 1.54) is 31.4 Å². The summed E-state index contributed by atoms with van der Waals surface area (Å²) >= 11 is 0. The molecular formula is C21H18N2O6. The molecule has 1 N–H and O–H groups in total. The lowest BCUT2D eigenvalue weighted by Gasteiger charge is -2.12. The molecule has 0 aliphatic heterocycles. The van der Waals surface area contributed by atoms with Crippen molar-refractivity contribution in [1.29, 1.82) is 0 Å². The average molecular weight is 394 g/mol. The van der Waals surface area contributed by atoms with Crippen LogP contribution in [0, 0.1) is 10.1 Å². The second kappa shape index (κ2) is 8.75. The maximum absolute atomic E-state index is 12.5. The molecule has 0 fully saturated rings. The maximum Gasteiger partial charge on any atom is 0.269 e. The number of nitrogens with one attached hydrogen (secondary N) is 1. The number of hydrogen-bond acceptors (Lipinski definition) is 6. The number of anilines is 1. The fourth-order valence-corrected chi connectivity index (χ4v) is 2.54. The van der Waals surface area contributed by atoms with Crippen LogP contribution in [0.15, 0.2) is 66.7 Å². The summed E-state index contributed by atoms with van der Waals surface area (Å²) in [4.78, 5) is 22.7. The summed E-state index contributed by atoms with van der Waals surface area (Å²) in [5.74, 6) is 1.74. The Labute approximate surface area is 166 Å². The van der Waals surface area contributed by atoms with Gasteiger partial charge in [-0.3, -0.25) is 14.9 Å². The standard InChI is InChI=1S/C21H18N2O6/c1-27-18-11-12-19(20(13-18)28-2)22-21(24)14-3-7-16(8-4-14)29-17-9-5-15(6-10-17)23(25)26/h3-13H,1-2H3,(H,22,24). The number of nitro benzene ring substituents is 1. The van der Waals surface area contributed by atoms with Crippen molar-refractivity contribution >= 4 is 17.3 Å². The first-order chi connectivity index (χ1) is 14.0. The minimum absolute atomic E-state index is 0.0154. The van der Waals surface area contributed by atoms with E-state index in [1.807, 2.05) is 0 Å². The number of carbonyl (C=O) groups is 1. The van der Waals surface area contributed by atoms with Gasteiger partial charge in [0.2, 0.25) is 0 Å². The molecule has 0 heterocycles. The third-order valence-electron chi connectivity index (χ3n) is 4.06. The number of nitrogens with zero attached hydrogens (tertiary/aromatic N) is 1. The van der Waals surface area contributed by atoms with Crippen molar-refractivity contribution in [2.24, 2.45) is 0 Å². The summed E-state index contributed by atoms with van der Waals surface area (Å²) in [5, 5.41) is 13.5. The van der Waals surface area contributed by atoms with E-state index in [1.54, 1.807) is 49.6 Å². The van der Waals surface area contributed by atoms with Crippen LogP contribution >= 0.6 is 0 Å². The van der Waals surface area contributed by atoms with Gasteiger partial charge in [0.05, 0.1) is 24.8 Å². The lowest BCUT2D eigenvalue weighted by Crippen LogP contribution is -2.12. The molecule has 0 aliphatic rings. The Balaban J connectivity index is 1.68. The average Bonchev–Trinajstić information content (AvgIpc) is 2.74. The first-order valence-corrected chi connectivity index (χ1v) is 8.56. The van der Waals surface area contributed by atoms with Crippen LogP contribution in [0.1, 0.15) is 10.4 Å². The summed E-state index contributed by atoms with van der Waals surface area (Å²) < 4.78 is 16.1. The third-order valence-corrected chi connectivity index (χ3v) is 4.06. The first-order valence-electron chi connectivity index (χ1n) is 8.56. The van der Waals surface area contributed by atoms with Crippen molar-refractivity contribution in [2.75, 3.05) is 19.5 Å². The molecule has 0 atom stereocenters. The maximum atomic E-state index is 12.5. The van der Waals surface area contributed by atoms with Crippen LogP contribution in [0.25, 0.3) is 0 Å². The minimum Gasteiger partial charge on any atom is -0.497 e. The Bertz CT molecular complexity index is 1020. The van der Waals surface area contributed by atoms with Crippen molar-refractivity contribution in [2.45, 2.75) is 0 Å². The van der Waals surface area contributed by atoms with E-state index in [2.05, 4.69) is 5.32 Å². The largest absolute Gasteiger partial charge is 0.497 e. The molecule has 0 saturated heterocycles. The number of nitro groups is 1. The van der Waals surface area contributed by atoms with Gasteiger partial charge in [0.1, 0.15) is 23.0 Å². The monoisotopic (exact) mass is 394 g/mol. The van der Waals surface area contributed by atoms with Crippen LogP contribution in [0.4, 0.5) is 11.4 Å². The molecule has 3 rings (SSSR count). The van der Waals surface area contributed by atoms with E-state index in [4.69, 9.17) is 14.2 Å². The van der Waals surface area contributed by atoms with Gasteiger partial charge < -0.3 is 19.5 Å². The number of benzene rings is 3. The van der Waals surface area contributed by atoms with Gasteiger partial charge in [0.15, 0.2) is 0 Å². The third kappa shape index (κ3) is 4.81. The molecule has 1 amide bonds. The number of rotatable bonds is 7. The number of carbonyl (C=O) groups excluding carboxylic acids is 1. The van der Waals surface area contributed by atoms with Gasteiger partial charge in [0.25, 0.3) is 11.6 Å². The summed E-state index contributed by atoms with van der Waals surface area (Å²) in [7, 11) is 3.06. The summed E-state index contributed by atoms with van der Waals surface area (Å²) in [5.41, 5.74) is 0.932. The Morgan fingerprint density at radius 3 is 2.00 bits per heavy atom. The highest BCUT2D eigenvalue weighted by atomic mass is 16.6. The van der Waals surface area contributed by atoms with Gasteiger partial charge in [-0.15, -0.1) is 0 Å². The Morgan fingerprint density at radius 1 is 0.862 bits per heavy atom. The zero-order valence-electron chi connectivity index (χ0n) is 15.7. The van der Waals surface area contributed by atoms with Crippen molar-refractivity contribution in [3.05, 3.63) is 82.4 Å². The molecule has 8 heteroatoms. The SMILES string of the molecule is COc1ccc(NC(=O)c2ccc(Oc3ccc([N+](=O)[O-])cc3)cc2)c(OC)c1. The van der Waals surface area contributed by atoms with Gasteiger partial charge in [-0.25, -0.2) is 0 Å². The lowest BCUT2D eigenvalue weighted by atomic mass is 10.2. The number of non-ortho nitro benzene ring substituents is 1. The Kier molecular flexibility index (Phi) is 5.94. The first kappa shape index (κ1) is 19.7. The van der Waals surface area contributed by atoms with Crippen LogP contribution in [0.2, 0.25) is 0 Å². The molecule has 0 radical (unpaired) electrons. The van der Waals surface area contributed by atoms with Gasteiger partial charge in [0, 0.05) is 23.8 Å². The van der Waals surface area contributed by atoms with Gasteiger partial charge in [-0.05, 0) is 48.5 Å². The van der Waals surface area contributed by atoms with Crippen LogP contribution < -0.4 is 19.5 Å². The van der Waals surface area contributed by atoms with Crippen molar-refractivity contribution in [3.8, 4) is 23.0 Å². The number of hydrogen-bond donors (Lipinski definition) is 1. The number of methoxy groups -OCH3 is 2. The zero-order valence-corrected chi connectivity index (χ0v) is 15.7. The highest BCUT2D eigenvalue weighted by molar-refractivity contribution is 6.05. The van der Waals surface area contributed by atoms with E-state index in [9.17, 15) is 14.9 Å². The second-order valence-electron chi connectivity index (χ2n) is 5.90. The van der Waals surface area contributed by atoms with Crippen LogP contribution in [0.3, 0.4) is 0 Å². The molecule has 0 aliphatic carbocycles. The molecule has 8 nitrogen and oxygen atoms in total. The fraction of sp³-hybridized carbons (Fsp3) is 0.0952. The molecule has 0 spiro atoms. The van der Waals surface area contributed by atoms with E-state index in [0.29, 0.717) is 34.2 Å². The molecule has 148 valence electrons. The Hall–Kier alpha value is -4.07. The van der Waals surface area contributed by atoms with Crippen molar-refractivity contribution < 1.29 is 23.9 Å². The number of amides is 1. The highest BCUT2D eigenvalue weighted by Gasteiger charge is 2.11. The quantitative estimate of drug-likeness (QED) is 0.462. The summed E-state index contributed by atoms with van der Waals surface area (Å²) in [6.07, 6.45) is 0. The molecule has 0 bridgehead atoms. The predicted octanol–water partition coefficient (Wildman–Crippen LogP) is 4.66. The van der Waals surface area contributed by atoms with Gasteiger partial charge >= 0.3 is 0 Å². The van der Waals surface area contributed by atoms with Crippen molar-refractivity contribution in [1.82, 2.24) is 0 Å². The molecule has 29 heavy (non-hydrogen) atoms. The Morgan fingerprint density at radius 2 is 1.45 bits per heavy atom. The van der Waals surface area contributed by atoms with Crippen LogP contribution in [-0.2, 0) is 0 Å². The summed E-state index contributed by atoms with van der Waals surface area (Å²) in [6, 6.07) is 17.3. The predicted molar refractivity (Wildman–Crippen MR) is 107 cm³/mol. The number of ether oxygens (including phenoxy) is 3. The minimum atomic E-state index is -0.477. The molecule has 0 aromatic heterocycles. The lowest BCUT2D eigenvalue weighted by molar-refractivity contribution is -0.384. The zero-order chi connectivity index (χ0) is 20.8. The van der Waals surface area contributed by atoms with E-state index < -0.39 is 4.92 Å². The molecule has 0 saturated carbocycles.